The first-order valence-electron chi connectivity index (χ1n) is 11.6. The molecule has 3 aliphatic heterocycles. The van der Waals surface area contributed by atoms with Gasteiger partial charge in [-0.25, -0.2) is 4.79 Å². The zero-order valence-electron chi connectivity index (χ0n) is 18.7. The van der Waals surface area contributed by atoms with Crippen LogP contribution in [-0.4, -0.2) is 75.2 Å². The quantitative estimate of drug-likeness (QED) is 0.613. The molecule has 3 N–H and O–H groups in total. The Morgan fingerprint density at radius 1 is 1.19 bits per heavy atom. The Hall–Kier alpha value is -2.65. The maximum Gasteiger partial charge on any atom is 0.328 e. The molecule has 4 amide bonds. The van der Waals surface area contributed by atoms with Crippen molar-refractivity contribution in [3.8, 4) is 5.75 Å². The van der Waals surface area contributed by atoms with Gasteiger partial charge in [0.15, 0.2) is 0 Å². The molecule has 3 aliphatic rings. The van der Waals surface area contributed by atoms with E-state index in [1.807, 2.05) is 0 Å². The lowest BCUT2D eigenvalue weighted by Gasteiger charge is -2.36. The van der Waals surface area contributed by atoms with Crippen molar-refractivity contribution >= 4 is 23.5 Å². The number of anilines is 1. The van der Waals surface area contributed by atoms with E-state index < -0.39 is 6.03 Å². The number of piperidine rings is 2. The van der Waals surface area contributed by atoms with E-state index in [0.29, 0.717) is 17.0 Å². The zero-order valence-corrected chi connectivity index (χ0v) is 18.7. The highest BCUT2D eigenvalue weighted by Gasteiger charge is 2.28. The van der Waals surface area contributed by atoms with Gasteiger partial charge in [-0.05, 0) is 69.4 Å². The molecule has 3 fully saturated rings. The van der Waals surface area contributed by atoms with Crippen molar-refractivity contribution in [2.24, 2.45) is 5.92 Å². The van der Waals surface area contributed by atoms with Crippen molar-refractivity contribution in [1.82, 2.24) is 20.9 Å². The lowest BCUT2D eigenvalue weighted by molar-refractivity contribution is -0.120. The minimum atomic E-state index is -0.502. The fourth-order valence-corrected chi connectivity index (χ4v) is 4.87. The number of benzene rings is 1. The van der Waals surface area contributed by atoms with E-state index in [9.17, 15) is 14.4 Å². The number of rotatable bonds is 6. The highest BCUT2D eigenvalue weighted by molar-refractivity contribution is 6.07. The fraction of sp³-hybridized carbons (Fsp3) is 0.609. The number of amides is 4. The van der Waals surface area contributed by atoms with Crippen LogP contribution in [0.1, 0.15) is 42.5 Å². The summed E-state index contributed by atoms with van der Waals surface area (Å²) < 4.78 is 5.40. The number of carbonyl (C=O) groups excluding carboxylic acids is 3. The predicted molar refractivity (Wildman–Crippen MR) is 121 cm³/mol. The van der Waals surface area contributed by atoms with Crippen molar-refractivity contribution in [2.45, 2.75) is 38.1 Å². The lowest BCUT2D eigenvalue weighted by Crippen LogP contribution is -2.50. The minimum absolute atomic E-state index is 0.111. The number of methoxy groups -OCH3 is 1. The average Bonchev–Trinajstić information content (AvgIpc) is 2.79. The molecule has 1 atom stereocenters. The normalized spacial score (nSPS) is 23.0. The maximum absolute atomic E-state index is 13.0. The van der Waals surface area contributed by atoms with Crippen molar-refractivity contribution < 1.29 is 19.1 Å². The van der Waals surface area contributed by atoms with Crippen LogP contribution in [0.25, 0.3) is 0 Å². The number of nitrogens with one attached hydrogen (secondary N) is 3. The first-order valence-corrected chi connectivity index (χ1v) is 11.6. The molecule has 1 aromatic carbocycles. The number of carbonyl (C=O) groups is 3. The van der Waals surface area contributed by atoms with E-state index in [1.54, 1.807) is 18.2 Å². The van der Waals surface area contributed by atoms with Crippen LogP contribution < -0.4 is 25.6 Å². The van der Waals surface area contributed by atoms with Gasteiger partial charge >= 0.3 is 6.03 Å². The standard InChI is InChI=1S/C23H33N5O4/c1-32-20-5-4-17(13-19(20)28-12-8-21(29)26-23(28)31)22(30)25-18-3-2-11-27(15-18)14-16-6-9-24-10-7-16/h4-5,13,16,18,24H,2-3,6-12,14-15H2,1H3,(H,25,30)(H,26,29,31)/t18-/m0/s1. The topological polar surface area (TPSA) is 103 Å². The van der Waals surface area contributed by atoms with E-state index in [4.69, 9.17) is 4.74 Å². The second-order valence-electron chi connectivity index (χ2n) is 8.91. The smallest absolute Gasteiger partial charge is 0.328 e. The number of likely N-dealkylation sites (tertiary alicyclic amines) is 1. The molecule has 3 saturated heterocycles. The molecule has 174 valence electrons. The van der Waals surface area contributed by atoms with Crippen LogP contribution in [0, 0.1) is 5.92 Å². The van der Waals surface area contributed by atoms with Crippen LogP contribution >= 0.6 is 0 Å². The molecule has 0 radical (unpaired) electrons. The molecule has 0 unspecified atom stereocenters. The molecule has 9 heteroatoms. The van der Waals surface area contributed by atoms with E-state index in [1.165, 1.54) is 24.9 Å². The molecular formula is C23H33N5O4. The molecule has 3 heterocycles. The summed E-state index contributed by atoms with van der Waals surface area (Å²) in [7, 11) is 1.52. The van der Waals surface area contributed by atoms with Crippen molar-refractivity contribution in [3.63, 3.8) is 0 Å². The Bertz CT molecular complexity index is 855. The zero-order chi connectivity index (χ0) is 22.5. The van der Waals surface area contributed by atoms with Gasteiger partial charge in [0, 0.05) is 37.7 Å². The highest BCUT2D eigenvalue weighted by Crippen LogP contribution is 2.31. The Labute approximate surface area is 188 Å². The van der Waals surface area contributed by atoms with Crippen LogP contribution in [-0.2, 0) is 4.79 Å². The molecule has 0 spiro atoms. The van der Waals surface area contributed by atoms with Crippen molar-refractivity contribution in [1.29, 1.82) is 0 Å². The summed E-state index contributed by atoms with van der Waals surface area (Å²) in [5.74, 6) is 0.760. The molecule has 1 aromatic rings. The van der Waals surface area contributed by atoms with Gasteiger partial charge in [-0.3, -0.25) is 19.8 Å². The summed E-state index contributed by atoms with van der Waals surface area (Å²) in [5.41, 5.74) is 0.960. The summed E-state index contributed by atoms with van der Waals surface area (Å²) in [5, 5.41) is 8.91. The molecule has 4 rings (SSSR count). The molecule has 0 aromatic heterocycles. The van der Waals surface area contributed by atoms with Crippen molar-refractivity contribution in [2.75, 3.05) is 51.3 Å². The molecular weight excluding hydrogens is 410 g/mol. The highest BCUT2D eigenvalue weighted by atomic mass is 16.5. The number of hydrogen-bond acceptors (Lipinski definition) is 6. The summed E-state index contributed by atoms with van der Waals surface area (Å²) >= 11 is 0. The molecule has 0 aliphatic carbocycles. The van der Waals surface area contributed by atoms with Gasteiger partial charge in [0.05, 0.1) is 12.8 Å². The second-order valence-corrected chi connectivity index (χ2v) is 8.91. The van der Waals surface area contributed by atoms with Gasteiger partial charge in [-0.1, -0.05) is 0 Å². The third-order valence-electron chi connectivity index (χ3n) is 6.60. The largest absolute Gasteiger partial charge is 0.495 e. The fourth-order valence-electron chi connectivity index (χ4n) is 4.87. The van der Waals surface area contributed by atoms with Gasteiger partial charge in [-0.15, -0.1) is 0 Å². The predicted octanol–water partition coefficient (Wildman–Crippen LogP) is 1.34. The molecule has 9 nitrogen and oxygen atoms in total. The Morgan fingerprint density at radius 3 is 2.75 bits per heavy atom. The molecule has 0 saturated carbocycles. The SMILES string of the molecule is COc1ccc(C(=O)N[C@H]2CCCN(CC3CCNCC3)C2)cc1N1CCC(=O)NC1=O. The minimum Gasteiger partial charge on any atom is -0.495 e. The van der Waals surface area contributed by atoms with Gasteiger partial charge in [0.25, 0.3) is 5.91 Å². The van der Waals surface area contributed by atoms with E-state index >= 15 is 0 Å². The summed E-state index contributed by atoms with van der Waals surface area (Å²) in [4.78, 5) is 40.7. The average molecular weight is 444 g/mol. The van der Waals surface area contributed by atoms with Gasteiger partial charge in [-0.2, -0.15) is 0 Å². The summed E-state index contributed by atoms with van der Waals surface area (Å²) in [6, 6.07) is 4.68. The third-order valence-corrected chi connectivity index (χ3v) is 6.60. The maximum atomic E-state index is 13.0. The number of urea groups is 1. The number of nitrogens with zero attached hydrogens (tertiary/aromatic N) is 2. The van der Waals surface area contributed by atoms with Crippen LogP contribution in [0.2, 0.25) is 0 Å². The Kier molecular flexibility index (Phi) is 7.26. The van der Waals surface area contributed by atoms with Gasteiger partial charge in [0.2, 0.25) is 5.91 Å². The first-order chi connectivity index (χ1) is 15.5. The molecule has 32 heavy (non-hydrogen) atoms. The van der Waals surface area contributed by atoms with Crippen molar-refractivity contribution in [3.05, 3.63) is 23.8 Å². The Balaban J connectivity index is 1.40. The second kappa shape index (κ2) is 10.3. The van der Waals surface area contributed by atoms with Gasteiger partial charge < -0.3 is 20.3 Å². The van der Waals surface area contributed by atoms with E-state index in [2.05, 4.69) is 20.9 Å². The number of imide groups is 1. The van der Waals surface area contributed by atoms with Gasteiger partial charge in [0.1, 0.15) is 5.75 Å². The monoisotopic (exact) mass is 443 g/mol. The number of hydrogen-bond donors (Lipinski definition) is 3. The van der Waals surface area contributed by atoms with E-state index in [0.717, 1.165) is 51.5 Å². The molecule has 0 bridgehead atoms. The van der Waals surface area contributed by atoms with E-state index in [-0.39, 0.29) is 30.8 Å². The Morgan fingerprint density at radius 2 is 2.00 bits per heavy atom. The van der Waals surface area contributed by atoms with Crippen LogP contribution in [0.15, 0.2) is 18.2 Å². The van der Waals surface area contributed by atoms with Crippen LogP contribution in [0.4, 0.5) is 10.5 Å². The first kappa shape index (κ1) is 22.5. The third kappa shape index (κ3) is 5.39. The lowest BCUT2D eigenvalue weighted by atomic mass is 9.96. The van der Waals surface area contributed by atoms with Crippen LogP contribution in [0.5, 0.6) is 5.75 Å². The summed E-state index contributed by atoms with van der Waals surface area (Å²) in [6.07, 6.45) is 4.69. The number of ether oxygens (including phenoxy) is 1. The van der Waals surface area contributed by atoms with Crippen LogP contribution in [0.3, 0.4) is 0 Å². The summed E-state index contributed by atoms with van der Waals surface area (Å²) in [6.45, 7) is 5.51.